The SMILES string of the molecule is CCCC/C(N)=C(/C#N)C1=C(C)CCN(CC2CCCCC2)C1. The maximum Gasteiger partial charge on any atom is 0.101 e. The summed E-state index contributed by atoms with van der Waals surface area (Å²) in [6, 6.07) is 2.41. The predicted molar refractivity (Wildman–Crippen MR) is 96.7 cm³/mol. The highest BCUT2D eigenvalue weighted by Crippen LogP contribution is 2.29. The largest absolute Gasteiger partial charge is 0.401 e. The molecule has 1 aliphatic carbocycles. The predicted octanol–water partition coefficient (Wildman–Crippen LogP) is 4.52. The average molecular weight is 316 g/mol. The number of allylic oxidation sites excluding steroid dienone is 1. The van der Waals surface area contributed by atoms with Crippen LogP contribution in [0.4, 0.5) is 0 Å². The molecule has 2 N–H and O–H groups in total. The fourth-order valence-corrected chi connectivity index (χ4v) is 3.92. The van der Waals surface area contributed by atoms with Gasteiger partial charge in [-0.2, -0.15) is 5.26 Å². The lowest BCUT2D eigenvalue weighted by atomic mass is 9.87. The molecule has 0 spiro atoms. The van der Waals surface area contributed by atoms with Crippen LogP contribution >= 0.6 is 0 Å². The molecule has 2 rings (SSSR count). The Labute approximate surface area is 142 Å². The highest BCUT2D eigenvalue weighted by atomic mass is 15.1. The van der Waals surface area contributed by atoms with Gasteiger partial charge in [-0.3, -0.25) is 4.90 Å². The van der Waals surface area contributed by atoms with Crippen LogP contribution in [-0.2, 0) is 0 Å². The molecular weight excluding hydrogens is 282 g/mol. The second-order valence-corrected chi connectivity index (χ2v) is 7.36. The van der Waals surface area contributed by atoms with Crippen molar-refractivity contribution in [3.63, 3.8) is 0 Å². The van der Waals surface area contributed by atoms with Crippen LogP contribution in [0.25, 0.3) is 0 Å². The smallest absolute Gasteiger partial charge is 0.101 e. The molecule has 0 atom stereocenters. The average Bonchev–Trinajstić information content (AvgIpc) is 2.57. The summed E-state index contributed by atoms with van der Waals surface area (Å²) in [7, 11) is 0. The molecule has 0 aromatic heterocycles. The lowest BCUT2D eigenvalue weighted by Gasteiger charge is -2.34. The standard InChI is InChI=1S/C20H33N3/c1-3-4-10-20(22)18(13-21)19-15-23(12-11-16(19)2)14-17-8-6-5-7-9-17/h17H,3-12,14-15,22H2,1-2H3/b20-18+. The third-order valence-electron chi connectivity index (χ3n) is 5.48. The van der Waals surface area contributed by atoms with Crippen molar-refractivity contribution in [1.82, 2.24) is 4.90 Å². The van der Waals surface area contributed by atoms with Crippen molar-refractivity contribution in [3.05, 3.63) is 22.4 Å². The Morgan fingerprint density at radius 2 is 2.04 bits per heavy atom. The van der Waals surface area contributed by atoms with E-state index in [9.17, 15) is 5.26 Å². The van der Waals surface area contributed by atoms with Crippen molar-refractivity contribution in [2.75, 3.05) is 19.6 Å². The Hall–Kier alpha value is -1.27. The normalized spacial score (nSPS) is 22.0. The zero-order valence-electron chi connectivity index (χ0n) is 15.0. The topological polar surface area (TPSA) is 53.1 Å². The van der Waals surface area contributed by atoms with Crippen molar-refractivity contribution in [2.45, 2.75) is 71.6 Å². The highest BCUT2D eigenvalue weighted by Gasteiger charge is 2.24. The van der Waals surface area contributed by atoms with Crippen LogP contribution < -0.4 is 5.73 Å². The Morgan fingerprint density at radius 3 is 2.70 bits per heavy atom. The van der Waals surface area contributed by atoms with E-state index in [-0.39, 0.29) is 0 Å². The van der Waals surface area contributed by atoms with E-state index in [0.717, 1.165) is 56.0 Å². The third kappa shape index (κ3) is 5.11. The van der Waals surface area contributed by atoms with Crippen LogP contribution in [0.5, 0.6) is 0 Å². The minimum atomic E-state index is 0.768. The van der Waals surface area contributed by atoms with Crippen molar-refractivity contribution in [1.29, 1.82) is 5.26 Å². The first-order valence-corrected chi connectivity index (χ1v) is 9.45. The Bertz CT molecular complexity index is 490. The number of nitrogens with zero attached hydrogens (tertiary/aromatic N) is 2. The van der Waals surface area contributed by atoms with Crippen LogP contribution in [0.1, 0.15) is 71.6 Å². The zero-order valence-corrected chi connectivity index (χ0v) is 15.0. The van der Waals surface area contributed by atoms with Crippen molar-refractivity contribution >= 4 is 0 Å². The van der Waals surface area contributed by atoms with Gasteiger partial charge < -0.3 is 5.73 Å². The molecule has 0 bridgehead atoms. The summed E-state index contributed by atoms with van der Waals surface area (Å²) in [5.74, 6) is 0.857. The van der Waals surface area contributed by atoms with Crippen LogP contribution in [0.15, 0.2) is 22.4 Å². The maximum atomic E-state index is 9.63. The Kier molecular flexibility index (Phi) is 7.17. The molecule has 0 aromatic rings. The van der Waals surface area contributed by atoms with Crippen molar-refractivity contribution < 1.29 is 0 Å². The van der Waals surface area contributed by atoms with Gasteiger partial charge in [0.1, 0.15) is 6.07 Å². The molecule has 0 radical (unpaired) electrons. The number of unbranched alkanes of at least 4 members (excludes halogenated alkanes) is 1. The molecule has 0 amide bonds. The van der Waals surface area contributed by atoms with E-state index in [1.807, 2.05) is 0 Å². The fraction of sp³-hybridized carbons (Fsp3) is 0.750. The van der Waals surface area contributed by atoms with Gasteiger partial charge in [0.2, 0.25) is 0 Å². The summed E-state index contributed by atoms with van der Waals surface area (Å²) >= 11 is 0. The molecule has 3 nitrogen and oxygen atoms in total. The van der Waals surface area contributed by atoms with Gasteiger partial charge in [0.25, 0.3) is 0 Å². The van der Waals surface area contributed by atoms with E-state index < -0.39 is 0 Å². The quantitative estimate of drug-likeness (QED) is 0.733. The van der Waals surface area contributed by atoms with Crippen LogP contribution in [0.3, 0.4) is 0 Å². The Balaban J connectivity index is 2.05. The number of rotatable bonds is 6. The zero-order chi connectivity index (χ0) is 16.7. The van der Waals surface area contributed by atoms with Crippen LogP contribution in [-0.4, -0.2) is 24.5 Å². The molecule has 1 aliphatic heterocycles. The molecule has 2 aliphatic rings. The number of nitriles is 1. The van der Waals surface area contributed by atoms with Gasteiger partial charge in [-0.15, -0.1) is 0 Å². The van der Waals surface area contributed by atoms with Crippen molar-refractivity contribution in [3.8, 4) is 6.07 Å². The van der Waals surface area contributed by atoms with E-state index in [0.29, 0.717) is 0 Å². The number of nitrogens with two attached hydrogens (primary N) is 1. The minimum Gasteiger partial charge on any atom is -0.401 e. The molecule has 3 heteroatoms. The molecule has 1 fully saturated rings. The molecular formula is C20H33N3. The first-order chi connectivity index (χ1) is 11.2. The van der Waals surface area contributed by atoms with Gasteiger partial charge >= 0.3 is 0 Å². The summed E-state index contributed by atoms with van der Waals surface area (Å²) in [4.78, 5) is 2.56. The van der Waals surface area contributed by atoms with Gasteiger partial charge in [-0.1, -0.05) is 38.2 Å². The van der Waals surface area contributed by atoms with Gasteiger partial charge in [0, 0.05) is 25.3 Å². The molecule has 128 valence electrons. The summed E-state index contributed by atoms with van der Waals surface area (Å²) < 4.78 is 0. The second kappa shape index (κ2) is 9.13. The van der Waals surface area contributed by atoms with E-state index in [4.69, 9.17) is 5.73 Å². The van der Waals surface area contributed by atoms with Crippen LogP contribution in [0, 0.1) is 17.2 Å². The second-order valence-electron chi connectivity index (χ2n) is 7.36. The minimum absolute atomic E-state index is 0.768. The summed E-state index contributed by atoms with van der Waals surface area (Å²) in [5.41, 5.74) is 10.4. The number of hydrogen-bond acceptors (Lipinski definition) is 3. The van der Waals surface area contributed by atoms with Crippen LogP contribution in [0.2, 0.25) is 0 Å². The lowest BCUT2D eigenvalue weighted by Crippen LogP contribution is -2.36. The summed E-state index contributed by atoms with van der Waals surface area (Å²) in [6.45, 7) is 7.59. The first kappa shape index (κ1) is 18.1. The third-order valence-corrected chi connectivity index (χ3v) is 5.48. The van der Waals surface area contributed by atoms with Gasteiger partial charge in [-0.25, -0.2) is 0 Å². The van der Waals surface area contributed by atoms with Gasteiger partial charge in [-0.05, 0) is 50.5 Å². The first-order valence-electron chi connectivity index (χ1n) is 9.45. The van der Waals surface area contributed by atoms with E-state index >= 15 is 0 Å². The van der Waals surface area contributed by atoms with E-state index in [1.165, 1.54) is 49.8 Å². The molecule has 0 saturated heterocycles. The maximum absolute atomic E-state index is 9.63. The van der Waals surface area contributed by atoms with Gasteiger partial charge in [0.15, 0.2) is 0 Å². The fourth-order valence-electron chi connectivity index (χ4n) is 3.92. The Morgan fingerprint density at radius 1 is 1.30 bits per heavy atom. The molecule has 1 heterocycles. The molecule has 0 unspecified atom stereocenters. The lowest BCUT2D eigenvalue weighted by molar-refractivity contribution is 0.208. The van der Waals surface area contributed by atoms with E-state index in [2.05, 4.69) is 24.8 Å². The van der Waals surface area contributed by atoms with E-state index in [1.54, 1.807) is 0 Å². The monoisotopic (exact) mass is 315 g/mol. The van der Waals surface area contributed by atoms with Gasteiger partial charge in [0.05, 0.1) is 5.57 Å². The molecule has 23 heavy (non-hydrogen) atoms. The summed E-state index contributed by atoms with van der Waals surface area (Å²) in [5, 5.41) is 9.63. The molecule has 1 saturated carbocycles. The summed E-state index contributed by atoms with van der Waals surface area (Å²) in [6.07, 6.45) is 11.1. The number of hydrogen-bond donors (Lipinski definition) is 1. The highest BCUT2D eigenvalue weighted by molar-refractivity contribution is 5.48. The van der Waals surface area contributed by atoms with Crippen molar-refractivity contribution in [2.24, 2.45) is 11.7 Å². The molecule has 0 aromatic carbocycles.